The van der Waals surface area contributed by atoms with Crippen LogP contribution in [0.15, 0.2) is 40.2 Å². The van der Waals surface area contributed by atoms with Gasteiger partial charge in [0.25, 0.3) is 11.8 Å². The molecule has 2 rings (SSSR count). The maximum atomic E-state index is 11.7. The summed E-state index contributed by atoms with van der Waals surface area (Å²) in [7, 11) is 0. The third-order valence-corrected chi connectivity index (χ3v) is 4.09. The van der Waals surface area contributed by atoms with Crippen molar-refractivity contribution in [3.63, 3.8) is 0 Å². The van der Waals surface area contributed by atoms with E-state index in [-0.39, 0.29) is 12.5 Å². The van der Waals surface area contributed by atoms with Crippen molar-refractivity contribution in [2.24, 2.45) is 0 Å². The van der Waals surface area contributed by atoms with Crippen molar-refractivity contribution in [2.45, 2.75) is 6.92 Å². The molecule has 5 nitrogen and oxygen atoms in total. The van der Waals surface area contributed by atoms with E-state index in [0.717, 1.165) is 9.35 Å². The van der Waals surface area contributed by atoms with Crippen LogP contribution in [0.4, 0.5) is 0 Å². The normalized spacial score (nSPS) is 10.0. The number of ether oxygens (including phenoxy) is 1. The standard InChI is InChI=1S/C14H13BrN2O3S/c1-9-3-2-4-10(7-9)20-8-13(18)16-17-14(19)11-5-6-12(15)21-11/h2-7H,8H2,1H3,(H,16,18)(H,17,19). The summed E-state index contributed by atoms with van der Waals surface area (Å²) in [6.45, 7) is 1.77. The predicted molar refractivity (Wildman–Crippen MR) is 84.3 cm³/mol. The highest BCUT2D eigenvalue weighted by atomic mass is 79.9. The Balaban J connectivity index is 1.76. The average Bonchev–Trinajstić information content (AvgIpc) is 2.89. The molecule has 2 aromatic rings. The molecule has 1 aromatic heterocycles. The monoisotopic (exact) mass is 368 g/mol. The van der Waals surface area contributed by atoms with Gasteiger partial charge in [0.15, 0.2) is 6.61 Å². The third kappa shape index (κ3) is 4.87. The average molecular weight is 369 g/mol. The van der Waals surface area contributed by atoms with Crippen LogP contribution in [0.5, 0.6) is 5.75 Å². The minimum absolute atomic E-state index is 0.169. The van der Waals surface area contributed by atoms with Crippen molar-refractivity contribution < 1.29 is 14.3 Å². The Hall–Kier alpha value is -1.86. The number of hydrogen-bond donors (Lipinski definition) is 2. The maximum Gasteiger partial charge on any atom is 0.279 e. The first-order valence-corrected chi connectivity index (χ1v) is 7.69. The van der Waals surface area contributed by atoms with Gasteiger partial charge in [-0.05, 0) is 52.7 Å². The smallest absolute Gasteiger partial charge is 0.279 e. The predicted octanol–water partition coefficient (Wildman–Crippen LogP) is 2.66. The Morgan fingerprint density at radius 2 is 2.05 bits per heavy atom. The topological polar surface area (TPSA) is 67.4 Å². The molecule has 0 aliphatic heterocycles. The van der Waals surface area contributed by atoms with Gasteiger partial charge in [0.2, 0.25) is 0 Å². The molecule has 0 saturated heterocycles. The lowest BCUT2D eigenvalue weighted by molar-refractivity contribution is -0.123. The molecule has 0 saturated carbocycles. The van der Waals surface area contributed by atoms with Crippen molar-refractivity contribution in [2.75, 3.05) is 6.61 Å². The minimum atomic E-state index is -0.430. The van der Waals surface area contributed by atoms with E-state index in [9.17, 15) is 9.59 Å². The second kappa shape index (κ2) is 7.24. The molecule has 0 fully saturated rings. The van der Waals surface area contributed by atoms with Crippen LogP contribution in [0.2, 0.25) is 0 Å². The van der Waals surface area contributed by atoms with Crippen molar-refractivity contribution >= 4 is 39.1 Å². The van der Waals surface area contributed by atoms with Crippen LogP contribution in [0.1, 0.15) is 15.2 Å². The van der Waals surface area contributed by atoms with E-state index in [2.05, 4.69) is 26.8 Å². The van der Waals surface area contributed by atoms with Gasteiger partial charge in [-0.15, -0.1) is 11.3 Å². The molecule has 2 amide bonds. The molecule has 1 heterocycles. The van der Waals surface area contributed by atoms with Crippen LogP contribution >= 0.6 is 27.3 Å². The number of hydrazine groups is 1. The molecule has 0 radical (unpaired) electrons. The number of rotatable bonds is 4. The number of amides is 2. The van der Waals surface area contributed by atoms with Gasteiger partial charge in [-0.3, -0.25) is 20.4 Å². The third-order valence-electron chi connectivity index (χ3n) is 2.47. The molecule has 0 atom stereocenters. The van der Waals surface area contributed by atoms with E-state index in [1.807, 2.05) is 25.1 Å². The number of halogens is 1. The fourth-order valence-corrected chi connectivity index (χ4v) is 2.80. The number of hydrogen-bond acceptors (Lipinski definition) is 4. The van der Waals surface area contributed by atoms with Crippen molar-refractivity contribution in [3.8, 4) is 5.75 Å². The number of carbonyl (C=O) groups is 2. The van der Waals surface area contributed by atoms with E-state index >= 15 is 0 Å². The lowest BCUT2D eigenvalue weighted by Gasteiger charge is -2.08. The molecular weight excluding hydrogens is 356 g/mol. The first-order valence-electron chi connectivity index (χ1n) is 6.08. The number of carbonyl (C=O) groups excluding carboxylic acids is 2. The van der Waals surface area contributed by atoms with Crippen molar-refractivity contribution in [1.29, 1.82) is 0 Å². The number of nitrogens with one attached hydrogen (secondary N) is 2. The Morgan fingerprint density at radius 3 is 2.71 bits per heavy atom. The van der Waals surface area contributed by atoms with Crippen LogP contribution in [0.25, 0.3) is 0 Å². The van der Waals surface area contributed by atoms with Gasteiger partial charge in [0.1, 0.15) is 5.75 Å². The lowest BCUT2D eigenvalue weighted by atomic mass is 10.2. The lowest BCUT2D eigenvalue weighted by Crippen LogP contribution is -2.43. The molecule has 110 valence electrons. The van der Waals surface area contributed by atoms with E-state index in [0.29, 0.717) is 10.6 Å². The molecule has 21 heavy (non-hydrogen) atoms. The largest absolute Gasteiger partial charge is 0.484 e. The van der Waals surface area contributed by atoms with Gasteiger partial charge in [0.05, 0.1) is 8.66 Å². The van der Waals surface area contributed by atoms with Gasteiger partial charge in [-0.25, -0.2) is 0 Å². The Morgan fingerprint density at radius 1 is 1.24 bits per heavy atom. The summed E-state index contributed by atoms with van der Waals surface area (Å²) in [6, 6.07) is 10.8. The van der Waals surface area contributed by atoms with E-state index < -0.39 is 5.91 Å². The maximum absolute atomic E-state index is 11.7. The summed E-state index contributed by atoms with van der Waals surface area (Å²) in [5.41, 5.74) is 5.68. The fourth-order valence-electron chi connectivity index (χ4n) is 1.51. The molecule has 0 bridgehead atoms. The summed E-state index contributed by atoms with van der Waals surface area (Å²) in [4.78, 5) is 23.8. The van der Waals surface area contributed by atoms with E-state index in [4.69, 9.17) is 4.74 Å². The summed E-state index contributed by atoms with van der Waals surface area (Å²) in [5.74, 6) is -0.186. The highest BCUT2D eigenvalue weighted by Crippen LogP contribution is 2.21. The number of thiophene rings is 1. The summed E-state index contributed by atoms with van der Waals surface area (Å²) in [5, 5.41) is 0. The van der Waals surface area contributed by atoms with Crippen molar-refractivity contribution in [1.82, 2.24) is 10.9 Å². The van der Waals surface area contributed by atoms with Gasteiger partial charge in [0, 0.05) is 0 Å². The van der Waals surface area contributed by atoms with Crippen LogP contribution in [0, 0.1) is 6.92 Å². The first-order chi connectivity index (χ1) is 10.0. The Kier molecular flexibility index (Phi) is 5.35. The van der Waals surface area contributed by atoms with E-state index in [1.165, 1.54) is 11.3 Å². The number of aryl methyl sites for hydroxylation is 1. The van der Waals surface area contributed by atoms with Crippen LogP contribution in [-0.2, 0) is 4.79 Å². The first kappa shape index (κ1) is 15.5. The molecule has 1 aromatic carbocycles. The van der Waals surface area contributed by atoms with Gasteiger partial charge >= 0.3 is 0 Å². The molecular formula is C14H13BrN2O3S. The zero-order valence-corrected chi connectivity index (χ0v) is 13.6. The summed E-state index contributed by atoms with van der Waals surface area (Å²) < 4.78 is 6.17. The molecule has 0 aliphatic carbocycles. The molecule has 0 aliphatic rings. The van der Waals surface area contributed by atoms with Gasteiger partial charge in [-0.2, -0.15) is 0 Å². The Bertz CT molecular complexity index is 657. The SMILES string of the molecule is Cc1cccc(OCC(=O)NNC(=O)c2ccc(Br)s2)c1. The zero-order chi connectivity index (χ0) is 15.2. The van der Waals surface area contributed by atoms with Crippen LogP contribution in [0.3, 0.4) is 0 Å². The van der Waals surface area contributed by atoms with Crippen LogP contribution in [-0.4, -0.2) is 18.4 Å². The summed E-state index contributed by atoms with van der Waals surface area (Å²) in [6.07, 6.45) is 0. The molecule has 2 N–H and O–H groups in total. The van der Waals surface area contributed by atoms with Crippen LogP contribution < -0.4 is 15.6 Å². The highest BCUT2D eigenvalue weighted by molar-refractivity contribution is 9.11. The van der Waals surface area contributed by atoms with Crippen molar-refractivity contribution in [3.05, 3.63) is 50.6 Å². The second-order valence-corrected chi connectivity index (χ2v) is 6.67. The molecule has 7 heteroatoms. The van der Waals surface area contributed by atoms with Gasteiger partial charge in [-0.1, -0.05) is 12.1 Å². The number of benzene rings is 1. The minimum Gasteiger partial charge on any atom is -0.484 e. The van der Waals surface area contributed by atoms with E-state index in [1.54, 1.807) is 18.2 Å². The fraction of sp³-hybridized carbons (Fsp3) is 0.143. The molecule has 0 spiro atoms. The Labute approximate surface area is 134 Å². The quantitative estimate of drug-likeness (QED) is 0.815. The van der Waals surface area contributed by atoms with Gasteiger partial charge < -0.3 is 4.74 Å². The zero-order valence-electron chi connectivity index (χ0n) is 11.2. The molecule has 0 unspecified atom stereocenters. The highest BCUT2D eigenvalue weighted by Gasteiger charge is 2.10. The second-order valence-electron chi connectivity index (χ2n) is 4.21. The summed E-state index contributed by atoms with van der Waals surface area (Å²) >= 11 is 4.55.